The molecule has 0 radical (unpaired) electrons. The van der Waals surface area contributed by atoms with Gasteiger partial charge in [0, 0.05) is 10.4 Å². The predicted molar refractivity (Wildman–Crippen MR) is 60.2 cm³/mol. The fourth-order valence-corrected chi connectivity index (χ4v) is 1.77. The van der Waals surface area contributed by atoms with Gasteiger partial charge in [0.15, 0.2) is 0 Å². The maximum atomic E-state index is 13.4. The summed E-state index contributed by atoms with van der Waals surface area (Å²) >= 11 is 1.61. The van der Waals surface area contributed by atoms with Crippen LogP contribution in [0.25, 0.3) is 0 Å². The lowest BCUT2D eigenvalue weighted by atomic mass is 9.96. The Bertz CT molecular complexity index is 318. The maximum Gasteiger partial charge on any atom is 0.126 e. The van der Waals surface area contributed by atoms with Gasteiger partial charge in [-0.2, -0.15) is 0 Å². The molecule has 0 aliphatic heterocycles. The van der Waals surface area contributed by atoms with Gasteiger partial charge in [-0.3, -0.25) is 0 Å². The van der Waals surface area contributed by atoms with Gasteiger partial charge >= 0.3 is 0 Å². The molecule has 0 heterocycles. The minimum atomic E-state index is -0.363. The van der Waals surface area contributed by atoms with Gasteiger partial charge in [-0.25, -0.2) is 4.39 Å². The maximum absolute atomic E-state index is 13.4. The van der Waals surface area contributed by atoms with E-state index in [9.17, 15) is 4.39 Å². The Labute approximate surface area is 88.9 Å². The Hall–Kier alpha value is -0.540. The van der Waals surface area contributed by atoms with Gasteiger partial charge in [0.1, 0.15) is 5.82 Å². The molecule has 1 nitrogen and oxygen atoms in total. The average Bonchev–Trinajstić information content (AvgIpc) is 2.06. The van der Waals surface area contributed by atoms with Crippen molar-refractivity contribution in [3.05, 3.63) is 29.6 Å². The minimum absolute atomic E-state index is 0.165. The summed E-state index contributed by atoms with van der Waals surface area (Å²) < 4.78 is 13.4. The topological polar surface area (TPSA) is 26.0 Å². The second-order valence-electron chi connectivity index (χ2n) is 4.12. The van der Waals surface area contributed by atoms with Gasteiger partial charge in [-0.15, -0.1) is 11.8 Å². The van der Waals surface area contributed by atoms with Crippen LogP contribution in [0.5, 0.6) is 0 Å². The molecule has 0 atom stereocenters. The first-order valence-electron chi connectivity index (χ1n) is 4.54. The number of halogens is 1. The van der Waals surface area contributed by atoms with E-state index in [0.717, 1.165) is 4.90 Å². The molecule has 2 N–H and O–H groups in total. The molecule has 0 amide bonds. The SMILES string of the molecule is CSc1ccc(F)c(CC(C)(C)N)c1. The zero-order valence-electron chi connectivity index (χ0n) is 8.80. The van der Waals surface area contributed by atoms with Crippen molar-refractivity contribution in [2.75, 3.05) is 6.26 Å². The molecule has 0 aliphatic rings. The van der Waals surface area contributed by atoms with Crippen molar-refractivity contribution in [1.29, 1.82) is 0 Å². The number of hydrogen-bond donors (Lipinski definition) is 1. The van der Waals surface area contributed by atoms with Crippen LogP contribution in [0.3, 0.4) is 0 Å². The molecule has 14 heavy (non-hydrogen) atoms. The highest BCUT2D eigenvalue weighted by Gasteiger charge is 2.14. The fourth-order valence-electron chi connectivity index (χ4n) is 1.30. The van der Waals surface area contributed by atoms with Gasteiger partial charge in [0.05, 0.1) is 0 Å². The summed E-state index contributed by atoms with van der Waals surface area (Å²) in [6.07, 6.45) is 2.54. The molecule has 0 aliphatic carbocycles. The Morgan fingerprint density at radius 2 is 2.07 bits per heavy atom. The second kappa shape index (κ2) is 4.32. The van der Waals surface area contributed by atoms with Crippen LogP contribution in [0, 0.1) is 5.82 Å². The minimum Gasteiger partial charge on any atom is -0.325 e. The summed E-state index contributed by atoms with van der Waals surface area (Å²) in [5, 5.41) is 0. The first-order chi connectivity index (χ1) is 6.42. The van der Waals surface area contributed by atoms with Crippen molar-refractivity contribution in [2.24, 2.45) is 5.73 Å². The lowest BCUT2D eigenvalue weighted by molar-refractivity contribution is 0.496. The summed E-state index contributed by atoms with van der Waals surface area (Å²) in [5.74, 6) is -0.165. The predicted octanol–water partition coefficient (Wildman–Crippen LogP) is 2.83. The Morgan fingerprint density at radius 3 is 2.57 bits per heavy atom. The number of hydrogen-bond acceptors (Lipinski definition) is 2. The number of thioether (sulfide) groups is 1. The second-order valence-corrected chi connectivity index (χ2v) is 5.00. The molecule has 0 bridgehead atoms. The molecular formula is C11H16FNS. The van der Waals surface area contributed by atoms with Gasteiger partial charge in [0.25, 0.3) is 0 Å². The summed E-state index contributed by atoms with van der Waals surface area (Å²) in [6.45, 7) is 3.80. The largest absolute Gasteiger partial charge is 0.325 e. The molecule has 0 saturated heterocycles. The quantitative estimate of drug-likeness (QED) is 0.781. The van der Waals surface area contributed by atoms with E-state index in [1.807, 2.05) is 26.2 Å². The van der Waals surface area contributed by atoms with Crippen molar-refractivity contribution in [3.63, 3.8) is 0 Å². The highest BCUT2D eigenvalue weighted by Crippen LogP contribution is 2.21. The van der Waals surface area contributed by atoms with Crippen LogP contribution in [-0.2, 0) is 6.42 Å². The molecule has 0 unspecified atom stereocenters. The molecule has 0 spiro atoms. The molecule has 3 heteroatoms. The Kier molecular flexibility index (Phi) is 3.56. The zero-order chi connectivity index (χ0) is 10.8. The lowest BCUT2D eigenvalue weighted by Crippen LogP contribution is -2.34. The van der Waals surface area contributed by atoms with E-state index in [1.54, 1.807) is 17.8 Å². The van der Waals surface area contributed by atoms with Gasteiger partial charge in [0.2, 0.25) is 0 Å². The summed E-state index contributed by atoms with van der Waals surface area (Å²) in [5.41, 5.74) is 6.19. The summed E-state index contributed by atoms with van der Waals surface area (Å²) in [4.78, 5) is 1.07. The summed E-state index contributed by atoms with van der Waals surface area (Å²) in [6, 6.07) is 5.16. The Morgan fingerprint density at radius 1 is 1.43 bits per heavy atom. The van der Waals surface area contributed by atoms with Crippen LogP contribution in [0.1, 0.15) is 19.4 Å². The van der Waals surface area contributed by atoms with Crippen molar-refractivity contribution in [1.82, 2.24) is 0 Å². The van der Waals surface area contributed by atoms with E-state index in [0.29, 0.717) is 12.0 Å². The normalized spacial score (nSPS) is 11.8. The average molecular weight is 213 g/mol. The number of nitrogens with two attached hydrogens (primary N) is 1. The van der Waals surface area contributed by atoms with E-state index in [1.165, 1.54) is 6.07 Å². The highest BCUT2D eigenvalue weighted by atomic mass is 32.2. The molecular weight excluding hydrogens is 197 g/mol. The van der Waals surface area contributed by atoms with Gasteiger partial charge in [-0.1, -0.05) is 0 Å². The molecule has 0 fully saturated rings. The number of rotatable bonds is 3. The Balaban J connectivity index is 2.95. The van der Waals surface area contributed by atoms with Crippen LogP contribution in [0.15, 0.2) is 23.1 Å². The van der Waals surface area contributed by atoms with Crippen molar-refractivity contribution < 1.29 is 4.39 Å². The van der Waals surface area contributed by atoms with E-state index < -0.39 is 0 Å². The van der Waals surface area contributed by atoms with Crippen LogP contribution < -0.4 is 5.73 Å². The van der Waals surface area contributed by atoms with Crippen LogP contribution >= 0.6 is 11.8 Å². The third-order valence-corrected chi connectivity index (χ3v) is 2.62. The molecule has 0 aromatic heterocycles. The van der Waals surface area contributed by atoms with Crippen molar-refractivity contribution in [2.45, 2.75) is 30.7 Å². The van der Waals surface area contributed by atoms with Gasteiger partial charge < -0.3 is 5.73 Å². The smallest absolute Gasteiger partial charge is 0.126 e. The third kappa shape index (κ3) is 3.31. The van der Waals surface area contributed by atoms with E-state index in [2.05, 4.69) is 0 Å². The molecule has 1 aromatic carbocycles. The summed E-state index contributed by atoms with van der Waals surface area (Å²) in [7, 11) is 0. The van der Waals surface area contributed by atoms with Crippen LogP contribution in [0.2, 0.25) is 0 Å². The van der Waals surface area contributed by atoms with Gasteiger partial charge in [-0.05, 0) is 50.3 Å². The van der Waals surface area contributed by atoms with E-state index in [4.69, 9.17) is 5.73 Å². The van der Waals surface area contributed by atoms with E-state index in [-0.39, 0.29) is 11.4 Å². The zero-order valence-corrected chi connectivity index (χ0v) is 9.62. The molecule has 78 valence electrons. The highest BCUT2D eigenvalue weighted by molar-refractivity contribution is 7.98. The van der Waals surface area contributed by atoms with Crippen LogP contribution in [-0.4, -0.2) is 11.8 Å². The molecule has 1 rings (SSSR count). The van der Waals surface area contributed by atoms with Crippen LogP contribution in [0.4, 0.5) is 4.39 Å². The number of benzene rings is 1. The third-order valence-electron chi connectivity index (χ3n) is 1.90. The van der Waals surface area contributed by atoms with Crippen molar-refractivity contribution >= 4 is 11.8 Å². The standard InChI is InChI=1S/C11H16FNS/c1-11(2,13)7-8-6-9(14-3)4-5-10(8)12/h4-6H,7,13H2,1-3H3. The van der Waals surface area contributed by atoms with Crippen molar-refractivity contribution in [3.8, 4) is 0 Å². The first-order valence-corrected chi connectivity index (χ1v) is 5.76. The van der Waals surface area contributed by atoms with E-state index >= 15 is 0 Å². The fraction of sp³-hybridized carbons (Fsp3) is 0.455. The molecule has 1 aromatic rings. The first kappa shape index (κ1) is 11.5. The molecule has 0 saturated carbocycles. The lowest BCUT2D eigenvalue weighted by Gasteiger charge is -2.19. The monoisotopic (exact) mass is 213 g/mol.